The van der Waals surface area contributed by atoms with E-state index in [1.165, 1.54) is 6.08 Å². The molecule has 2 rings (SSSR count). The Kier molecular flexibility index (Phi) is 7.13. The summed E-state index contributed by atoms with van der Waals surface area (Å²) < 4.78 is 15.7. The van der Waals surface area contributed by atoms with Gasteiger partial charge in [-0.15, -0.1) is 0 Å². The van der Waals surface area contributed by atoms with Crippen LogP contribution in [0.4, 0.5) is 4.79 Å². The molecule has 1 aromatic carbocycles. The minimum absolute atomic E-state index is 0.0106. The number of hydrogen-bond donors (Lipinski definition) is 1. The third-order valence-corrected chi connectivity index (χ3v) is 3.92. The van der Waals surface area contributed by atoms with Crippen molar-refractivity contribution in [3.63, 3.8) is 0 Å². The summed E-state index contributed by atoms with van der Waals surface area (Å²) in [5.74, 6) is 1.05. The highest BCUT2D eigenvalue weighted by Gasteiger charge is 2.24. The maximum atomic E-state index is 12.3. The van der Waals surface area contributed by atoms with Crippen molar-refractivity contribution < 1.29 is 23.8 Å². The lowest BCUT2D eigenvalue weighted by atomic mass is 10.1. The second-order valence-electron chi connectivity index (χ2n) is 5.63. The summed E-state index contributed by atoms with van der Waals surface area (Å²) in [6, 6.07) is 7.21. The number of alkyl carbamates (subject to hydrolysis) is 1. The fraction of sp³-hybridized carbons (Fsp3) is 0.444. The highest BCUT2D eigenvalue weighted by Crippen LogP contribution is 2.25. The lowest BCUT2D eigenvalue weighted by Gasteiger charge is -2.32. The average molecular weight is 348 g/mol. The lowest BCUT2D eigenvalue weighted by molar-refractivity contribution is -0.134. The van der Waals surface area contributed by atoms with Crippen molar-refractivity contribution in [2.24, 2.45) is 0 Å². The van der Waals surface area contributed by atoms with Crippen LogP contribution in [0.2, 0.25) is 0 Å². The zero-order valence-corrected chi connectivity index (χ0v) is 14.4. The topological polar surface area (TPSA) is 77.1 Å². The summed E-state index contributed by atoms with van der Waals surface area (Å²) in [5.41, 5.74) is 0. The van der Waals surface area contributed by atoms with E-state index in [4.69, 9.17) is 14.2 Å². The SMILES string of the molecule is C=CCOC(=O)NC1CCN(C(=O)COc2ccccc2OC)CC1. The number of ether oxygens (including phenoxy) is 3. The summed E-state index contributed by atoms with van der Waals surface area (Å²) in [7, 11) is 1.56. The van der Waals surface area contributed by atoms with Gasteiger partial charge in [0.1, 0.15) is 6.61 Å². The van der Waals surface area contributed by atoms with Crippen LogP contribution in [0.5, 0.6) is 11.5 Å². The monoisotopic (exact) mass is 348 g/mol. The minimum Gasteiger partial charge on any atom is -0.493 e. The van der Waals surface area contributed by atoms with Gasteiger partial charge in [0.25, 0.3) is 5.91 Å². The number of para-hydroxylation sites is 2. The van der Waals surface area contributed by atoms with E-state index >= 15 is 0 Å². The van der Waals surface area contributed by atoms with Crippen molar-refractivity contribution in [2.75, 3.05) is 33.4 Å². The van der Waals surface area contributed by atoms with E-state index in [0.717, 1.165) is 0 Å². The number of likely N-dealkylation sites (tertiary alicyclic amines) is 1. The molecule has 1 aromatic rings. The Morgan fingerprint density at radius 3 is 2.60 bits per heavy atom. The molecule has 1 aliphatic heterocycles. The number of carbonyl (C=O) groups excluding carboxylic acids is 2. The van der Waals surface area contributed by atoms with Gasteiger partial charge in [0.15, 0.2) is 18.1 Å². The number of carbonyl (C=O) groups is 2. The molecule has 1 fully saturated rings. The normalized spacial score (nSPS) is 14.5. The van der Waals surface area contributed by atoms with Gasteiger partial charge in [0.05, 0.1) is 7.11 Å². The maximum Gasteiger partial charge on any atom is 0.407 e. The largest absolute Gasteiger partial charge is 0.493 e. The number of nitrogens with zero attached hydrogens (tertiary/aromatic N) is 1. The zero-order chi connectivity index (χ0) is 18.1. The molecule has 136 valence electrons. The first-order valence-electron chi connectivity index (χ1n) is 8.21. The predicted molar refractivity (Wildman–Crippen MR) is 92.8 cm³/mol. The summed E-state index contributed by atoms with van der Waals surface area (Å²) >= 11 is 0. The highest BCUT2D eigenvalue weighted by molar-refractivity contribution is 5.78. The standard InChI is InChI=1S/C18H24N2O5/c1-3-12-24-18(22)19-14-8-10-20(11-9-14)17(21)13-25-16-7-5-4-6-15(16)23-2/h3-7,14H,1,8-13H2,2H3,(H,19,22). The van der Waals surface area contributed by atoms with Gasteiger partial charge in [-0.2, -0.15) is 0 Å². The summed E-state index contributed by atoms with van der Waals surface area (Å²) in [4.78, 5) is 25.5. The van der Waals surface area contributed by atoms with Crippen molar-refractivity contribution in [3.05, 3.63) is 36.9 Å². The second-order valence-corrected chi connectivity index (χ2v) is 5.63. The van der Waals surface area contributed by atoms with Gasteiger partial charge in [-0.3, -0.25) is 4.79 Å². The Morgan fingerprint density at radius 2 is 1.96 bits per heavy atom. The molecule has 1 heterocycles. The van der Waals surface area contributed by atoms with Gasteiger partial charge in [-0.05, 0) is 25.0 Å². The second kappa shape index (κ2) is 9.56. The van der Waals surface area contributed by atoms with Crippen LogP contribution in [0.1, 0.15) is 12.8 Å². The number of hydrogen-bond acceptors (Lipinski definition) is 5. The number of piperidine rings is 1. The van der Waals surface area contributed by atoms with Gasteiger partial charge in [-0.25, -0.2) is 4.79 Å². The molecule has 0 saturated carbocycles. The van der Waals surface area contributed by atoms with Crippen LogP contribution in [0.3, 0.4) is 0 Å². The molecule has 2 amide bonds. The number of benzene rings is 1. The lowest BCUT2D eigenvalue weighted by Crippen LogP contribution is -2.47. The Bertz CT molecular complexity index is 597. The quantitative estimate of drug-likeness (QED) is 0.763. The summed E-state index contributed by atoms with van der Waals surface area (Å²) in [6.45, 7) is 4.77. The fourth-order valence-electron chi connectivity index (χ4n) is 2.58. The summed E-state index contributed by atoms with van der Waals surface area (Å²) in [5, 5.41) is 2.79. The van der Waals surface area contributed by atoms with E-state index in [9.17, 15) is 9.59 Å². The molecule has 25 heavy (non-hydrogen) atoms. The van der Waals surface area contributed by atoms with Crippen LogP contribution in [0.25, 0.3) is 0 Å². The Morgan fingerprint density at radius 1 is 1.28 bits per heavy atom. The Hall–Kier alpha value is -2.70. The molecule has 0 aliphatic carbocycles. The zero-order valence-electron chi connectivity index (χ0n) is 14.4. The first-order chi connectivity index (χ1) is 12.1. The van der Waals surface area contributed by atoms with Crippen molar-refractivity contribution >= 4 is 12.0 Å². The van der Waals surface area contributed by atoms with E-state index in [0.29, 0.717) is 37.4 Å². The van der Waals surface area contributed by atoms with Gasteiger partial charge in [-0.1, -0.05) is 24.8 Å². The van der Waals surface area contributed by atoms with E-state index < -0.39 is 6.09 Å². The van der Waals surface area contributed by atoms with Crippen molar-refractivity contribution in [1.29, 1.82) is 0 Å². The highest BCUT2D eigenvalue weighted by atomic mass is 16.5. The number of rotatable bonds is 7. The molecule has 0 aromatic heterocycles. The molecule has 0 spiro atoms. The molecule has 0 bridgehead atoms. The summed E-state index contributed by atoms with van der Waals surface area (Å²) in [6.07, 6.45) is 2.43. The molecule has 0 atom stereocenters. The Balaban J connectivity index is 1.74. The number of amides is 2. The smallest absolute Gasteiger partial charge is 0.407 e. The molecule has 7 heteroatoms. The average Bonchev–Trinajstić information content (AvgIpc) is 2.65. The molecule has 1 N–H and O–H groups in total. The van der Waals surface area contributed by atoms with E-state index in [2.05, 4.69) is 11.9 Å². The number of methoxy groups -OCH3 is 1. The molecule has 0 unspecified atom stereocenters. The minimum atomic E-state index is -0.454. The first-order valence-corrected chi connectivity index (χ1v) is 8.21. The van der Waals surface area contributed by atoms with Crippen molar-refractivity contribution in [2.45, 2.75) is 18.9 Å². The van der Waals surface area contributed by atoms with Crippen LogP contribution in [-0.2, 0) is 9.53 Å². The predicted octanol–water partition coefficient (Wildman–Crippen LogP) is 1.98. The molecule has 1 aliphatic rings. The number of nitrogens with one attached hydrogen (secondary N) is 1. The van der Waals surface area contributed by atoms with E-state index in [1.807, 2.05) is 12.1 Å². The molecule has 1 saturated heterocycles. The molecule has 7 nitrogen and oxygen atoms in total. The van der Waals surface area contributed by atoms with Gasteiger partial charge < -0.3 is 24.4 Å². The van der Waals surface area contributed by atoms with Gasteiger partial charge >= 0.3 is 6.09 Å². The molecular formula is C18H24N2O5. The van der Waals surface area contributed by atoms with E-state index in [-0.39, 0.29) is 25.2 Å². The molecule has 0 radical (unpaired) electrons. The maximum absolute atomic E-state index is 12.3. The fourth-order valence-corrected chi connectivity index (χ4v) is 2.58. The van der Waals surface area contributed by atoms with Gasteiger partial charge in [0, 0.05) is 19.1 Å². The van der Waals surface area contributed by atoms with E-state index in [1.54, 1.807) is 24.1 Å². The van der Waals surface area contributed by atoms with Crippen molar-refractivity contribution in [1.82, 2.24) is 10.2 Å². The van der Waals surface area contributed by atoms with Crippen molar-refractivity contribution in [3.8, 4) is 11.5 Å². The van der Waals surface area contributed by atoms with Gasteiger partial charge in [0.2, 0.25) is 0 Å². The first kappa shape index (κ1) is 18.6. The van der Waals surface area contributed by atoms with Crippen LogP contribution in [-0.4, -0.2) is 56.4 Å². The third-order valence-electron chi connectivity index (χ3n) is 3.92. The van der Waals surface area contributed by atoms with Crippen LogP contribution in [0, 0.1) is 0 Å². The Labute approximate surface area is 147 Å². The molecular weight excluding hydrogens is 324 g/mol. The van der Waals surface area contributed by atoms with Crippen LogP contribution >= 0.6 is 0 Å². The van der Waals surface area contributed by atoms with Crippen LogP contribution < -0.4 is 14.8 Å². The van der Waals surface area contributed by atoms with Crippen LogP contribution in [0.15, 0.2) is 36.9 Å². The third kappa shape index (κ3) is 5.70.